The molecule has 1 aliphatic rings. The van der Waals surface area contributed by atoms with Gasteiger partial charge in [0.2, 0.25) is 0 Å². The summed E-state index contributed by atoms with van der Waals surface area (Å²) in [7, 11) is -10.1. The Hall–Kier alpha value is -0.700. The van der Waals surface area contributed by atoms with Crippen LogP contribution in [0.25, 0.3) is 0 Å². The summed E-state index contributed by atoms with van der Waals surface area (Å²) in [4.78, 5) is 0. The van der Waals surface area contributed by atoms with E-state index in [0.717, 1.165) is 0 Å². The van der Waals surface area contributed by atoms with E-state index in [4.69, 9.17) is 0 Å². The fourth-order valence-corrected chi connectivity index (χ4v) is 3.45. The van der Waals surface area contributed by atoms with Gasteiger partial charge in [0.25, 0.3) is 0 Å². The number of rotatable bonds is 0. The molecule has 1 fully saturated rings. The Kier molecular flexibility index (Phi) is 4.02. The summed E-state index contributed by atoms with van der Waals surface area (Å²) in [6.07, 6.45) is -31.4. The van der Waals surface area contributed by atoms with E-state index in [0.29, 0.717) is 0 Å². The van der Waals surface area contributed by atoms with Crippen molar-refractivity contribution in [3.8, 4) is 0 Å². The predicted octanol–water partition coefficient (Wildman–Crippen LogP) is 5.80. The maximum atomic E-state index is 12.8. The Bertz CT molecular complexity index is 442. The first kappa shape index (κ1) is 21.3. The third kappa shape index (κ3) is 2.58. The number of hydrogen-bond donors (Lipinski definition) is 0. The second-order valence-electron chi connectivity index (χ2n) is 4.22. The van der Waals surface area contributed by atoms with Gasteiger partial charge in [0.15, 0.2) is 0 Å². The van der Waals surface area contributed by atoms with Crippen LogP contribution in [0, 0.1) is 0 Å². The molecule has 0 spiro atoms. The molecule has 0 saturated carbocycles. The minimum absolute atomic E-state index is 1.54. The number of alkyl halides is 12. The van der Waals surface area contributed by atoms with Crippen molar-refractivity contribution in [2.24, 2.45) is 0 Å². The third-order valence-electron chi connectivity index (χ3n) is 2.65. The van der Waals surface area contributed by atoms with Gasteiger partial charge in [-0.2, -0.15) is 0 Å². The maximum absolute atomic E-state index is 12.8. The van der Waals surface area contributed by atoms with Crippen molar-refractivity contribution in [1.29, 1.82) is 0 Å². The molecule has 2 nitrogen and oxygen atoms in total. The van der Waals surface area contributed by atoms with Gasteiger partial charge in [-0.05, 0) is 0 Å². The molecule has 18 heteroatoms. The van der Waals surface area contributed by atoms with Gasteiger partial charge in [0, 0.05) is 0 Å². The summed E-state index contributed by atoms with van der Waals surface area (Å²) in [6.45, 7) is 0. The van der Waals surface area contributed by atoms with Gasteiger partial charge >= 0.3 is 118 Å². The van der Waals surface area contributed by atoms with Crippen LogP contribution >= 0.6 is 7.99 Å². The van der Waals surface area contributed by atoms with Crippen LogP contribution in [0.3, 0.4) is 0 Å². The van der Waals surface area contributed by atoms with Crippen LogP contribution in [-0.4, -0.2) is 35.9 Å². The molecular weight excluding hydrogens is 420 g/mol. The van der Waals surface area contributed by atoms with Crippen molar-refractivity contribution in [3.63, 3.8) is 0 Å². The molecular formula is C6F15O2P. The van der Waals surface area contributed by atoms with E-state index in [9.17, 15) is 65.3 Å². The summed E-state index contributed by atoms with van der Waals surface area (Å²) in [6, 6.07) is 0. The molecule has 146 valence electrons. The van der Waals surface area contributed by atoms with Crippen molar-refractivity contribution < 1.29 is 74.3 Å². The molecule has 24 heavy (non-hydrogen) atoms. The second-order valence-corrected chi connectivity index (χ2v) is 5.94. The Morgan fingerprint density at radius 3 is 0.750 bits per heavy atom. The van der Waals surface area contributed by atoms with Crippen LogP contribution in [0.5, 0.6) is 0 Å². The average molecular weight is 420 g/mol. The zero-order valence-electron chi connectivity index (χ0n) is 9.93. The van der Waals surface area contributed by atoms with Crippen LogP contribution < -0.4 is 0 Å². The van der Waals surface area contributed by atoms with Crippen molar-refractivity contribution in [1.82, 2.24) is 0 Å². The monoisotopic (exact) mass is 420 g/mol. The van der Waals surface area contributed by atoms with Gasteiger partial charge in [-0.15, -0.1) is 0 Å². The van der Waals surface area contributed by atoms with Crippen LogP contribution in [0.4, 0.5) is 65.3 Å². The minimum atomic E-state index is -10.1. The van der Waals surface area contributed by atoms with E-state index >= 15 is 0 Å². The average Bonchev–Trinajstić information content (AvgIpc) is 2.40. The first-order chi connectivity index (χ1) is 9.93. The molecule has 1 heterocycles. The van der Waals surface area contributed by atoms with Crippen LogP contribution in [-0.2, 0) is 9.05 Å². The molecule has 0 bridgehead atoms. The van der Waals surface area contributed by atoms with Crippen molar-refractivity contribution in [2.45, 2.75) is 35.9 Å². The number of halogens is 15. The van der Waals surface area contributed by atoms with Crippen LogP contribution in [0.1, 0.15) is 0 Å². The first-order valence-corrected chi connectivity index (χ1v) is 6.54. The Balaban J connectivity index is 4.16. The van der Waals surface area contributed by atoms with Gasteiger partial charge in [-0.3, -0.25) is 0 Å². The van der Waals surface area contributed by atoms with E-state index in [-0.39, 0.29) is 0 Å². The summed E-state index contributed by atoms with van der Waals surface area (Å²) < 4.78 is 192. The van der Waals surface area contributed by atoms with Gasteiger partial charge in [0.1, 0.15) is 0 Å². The molecule has 0 aromatic heterocycles. The summed E-state index contributed by atoms with van der Waals surface area (Å²) >= 11 is 0. The fourth-order valence-electron chi connectivity index (χ4n) is 1.90. The SMILES string of the molecule is FC(F)(F)C1(C(F)(F)F)OP(F)(F)(F)OC1(C(F)(F)F)C(F)(F)F. The molecule has 0 aromatic rings. The molecule has 0 atom stereocenters. The van der Waals surface area contributed by atoms with E-state index in [1.54, 1.807) is 9.05 Å². The zero-order chi connectivity index (χ0) is 19.9. The van der Waals surface area contributed by atoms with Gasteiger partial charge < -0.3 is 0 Å². The van der Waals surface area contributed by atoms with Crippen molar-refractivity contribution in [2.75, 3.05) is 0 Å². The van der Waals surface area contributed by atoms with Crippen LogP contribution in [0.15, 0.2) is 0 Å². The fraction of sp³-hybridized carbons (Fsp3) is 1.00. The summed E-state index contributed by atoms with van der Waals surface area (Å²) in [5, 5.41) is 0. The normalized spacial score (nSPS) is 28.2. The Morgan fingerprint density at radius 1 is 0.458 bits per heavy atom. The van der Waals surface area contributed by atoms with E-state index in [1.165, 1.54) is 0 Å². The van der Waals surface area contributed by atoms with Crippen LogP contribution in [0.2, 0.25) is 0 Å². The van der Waals surface area contributed by atoms with E-state index in [2.05, 4.69) is 0 Å². The van der Waals surface area contributed by atoms with Crippen molar-refractivity contribution >= 4 is 7.99 Å². The van der Waals surface area contributed by atoms with Gasteiger partial charge in [-0.25, -0.2) is 0 Å². The molecule has 0 N–H and O–H groups in total. The first-order valence-electron chi connectivity index (χ1n) is 4.80. The second kappa shape index (κ2) is 4.52. The van der Waals surface area contributed by atoms with Crippen molar-refractivity contribution in [3.05, 3.63) is 0 Å². The summed E-state index contributed by atoms with van der Waals surface area (Å²) in [5.41, 5.74) is -15.6. The Labute approximate surface area is 119 Å². The van der Waals surface area contributed by atoms with Gasteiger partial charge in [-0.1, -0.05) is 0 Å². The molecule has 1 saturated heterocycles. The van der Waals surface area contributed by atoms with E-state index < -0.39 is 43.9 Å². The molecule has 0 radical (unpaired) electrons. The standard InChI is InChI=1S/C6F15O2P/c7-3(8,9)1(4(10,11)12)2(5(13,14)15,6(16,17)18)23-24(19,20,21)22-1. The Morgan fingerprint density at radius 2 is 0.625 bits per heavy atom. The van der Waals surface area contributed by atoms with E-state index in [1.807, 2.05) is 0 Å². The van der Waals surface area contributed by atoms with Gasteiger partial charge in [0.05, 0.1) is 0 Å². The summed E-state index contributed by atoms with van der Waals surface area (Å²) in [5.74, 6) is 0. The third-order valence-corrected chi connectivity index (χ3v) is 3.76. The molecule has 0 unspecified atom stereocenters. The molecule has 0 amide bonds. The number of hydrogen-bond acceptors (Lipinski definition) is 2. The molecule has 0 aromatic carbocycles. The zero-order valence-corrected chi connectivity index (χ0v) is 10.8. The quantitative estimate of drug-likeness (QED) is 0.365. The topological polar surface area (TPSA) is 18.5 Å². The predicted molar refractivity (Wildman–Crippen MR) is 42.1 cm³/mol. The molecule has 1 rings (SSSR count). The molecule has 1 aliphatic heterocycles. The molecule has 0 aliphatic carbocycles.